The first-order valence-corrected chi connectivity index (χ1v) is 9.07. The molecule has 2 aromatic heterocycles. The van der Waals surface area contributed by atoms with Gasteiger partial charge in [0.1, 0.15) is 23.0 Å². The number of nitriles is 1. The highest BCUT2D eigenvalue weighted by Crippen LogP contribution is 2.37. The Hall–Kier alpha value is -4.03. The van der Waals surface area contributed by atoms with Gasteiger partial charge in [0.15, 0.2) is 5.58 Å². The number of hydrogen-bond donors (Lipinski definition) is 2. The van der Waals surface area contributed by atoms with Crippen LogP contribution in [0.4, 0.5) is 10.1 Å². The van der Waals surface area contributed by atoms with E-state index in [0.29, 0.717) is 16.7 Å². The molecule has 0 radical (unpaired) electrons. The topological polar surface area (TPSA) is 116 Å². The maximum Gasteiger partial charge on any atom is 0.339 e. The van der Waals surface area contributed by atoms with Crippen LogP contribution in [0.15, 0.2) is 52.3 Å². The quantitative estimate of drug-likeness (QED) is 0.514. The minimum atomic E-state index is -1.28. The van der Waals surface area contributed by atoms with Crippen LogP contribution in [0.1, 0.15) is 26.6 Å². The number of carbonyl (C=O) groups excluding carboxylic acids is 1. The third-order valence-corrected chi connectivity index (χ3v) is 5.12. The van der Waals surface area contributed by atoms with Gasteiger partial charge in [0.2, 0.25) is 0 Å². The number of anilines is 1. The number of thiophene rings is 1. The molecule has 0 saturated heterocycles. The summed E-state index contributed by atoms with van der Waals surface area (Å²) in [5.74, 6) is -2.89. The van der Waals surface area contributed by atoms with Gasteiger partial charge in [-0.05, 0) is 29.8 Å². The number of nitrogens with zero attached hydrogens (tertiary/aromatic N) is 2. The summed E-state index contributed by atoms with van der Waals surface area (Å²) in [5.41, 5.74) is 0.953. The largest absolute Gasteiger partial charge is 0.478 e. The van der Waals surface area contributed by atoms with Gasteiger partial charge in [-0.3, -0.25) is 4.79 Å². The number of benzene rings is 2. The van der Waals surface area contributed by atoms with Crippen molar-refractivity contribution in [3.63, 3.8) is 0 Å². The van der Waals surface area contributed by atoms with Gasteiger partial charge in [-0.25, -0.2) is 14.2 Å². The van der Waals surface area contributed by atoms with Crippen molar-refractivity contribution in [3.8, 4) is 16.5 Å². The van der Waals surface area contributed by atoms with Crippen molar-refractivity contribution in [2.45, 2.75) is 0 Å². The summed E-state index contributed by atoms with van der Waals surface area (Å²) in [6.45, 7) is 0. The van der Waals surface area contributed by atoms with Gasteiger partial charge in [-0.15, -0.1) is 11.3 Å². The molecule has 2 N–H and O–H groups in total. The van der Waals surface area contributed by atoms with E-state index in [1.165, 1.54) is 17.5 Å². The van der Waals surface area contributed by atoms with E-state index in [-0.39, 0.29) is 27.6 Å². The molecule has 142 valence electrons. The number of nitrogens with one attached hydrogen (secondary N) is 1. The fourth-order valence-corrected chi connectivity index (χ4v) is 3.76. The highest BCUT2D eigenvalue weighted by Gasteiger charge is 2.23. The van der Waals surface area contributed by atoms with Crippen LogP contribution in [-0.4, -0.2) is 22.0 Å². The Morgan fingerprint density at radius 1 is 1.24 bits per heavy atom. The van der Waals surface area contributed by atoms with Crippen molar-refractivity contribution in [2.24, 2.45) is 0 Å². The van der Waals surface area contributed by atoms with E-state index in [9.17, 15) is 19.1 Å². The lowest BCUT2D eigenvalue weighted by atomic mass is 10.1. The van der Waals surface area contributed by atoms with Crippen molar-refractivity contribution in [3.05, 3.63) is 70.7 Å². The molecule has 0 aliphatic carbocycles. The smallest absolute Gasteiger partial charge is 0.339 e. The molecular formula is C20H10FN3O4S. The molecule has 0 bridgehead atoms. The molecule has 0 spiro atoms. The van der Waals surface area contributed by atoms with E-state index in [4.69, 9.17) is 9.68 Å². The Labute approximate surface area is 166 Å². The zero-order chi connectivity index (χ0) is 20.5. The Balaban J connectivity index is 1.71. The minimum Gasteiger partial charge on any atom is -0.478 e. The van der Waals surface area contributed by atoms with Crippen LogP contribution in [0.3, 0.4) is 0 Å². The molecular weight excluding hydrogens is 397 g/mol. The van der Waals surface area contributed by atoms with Crippen molar-refractivity contribution in [1.29, 1.82) is 5.26 Å². The van der Waals surface area contributed by atoms with Gasteiger partial charge in [0, 0.05) is 5.38 Å². The van der Waals surface area contributed by atoms with Crippen LogP contribution in [0.5, 0.6) is 0 Å². The number of carboxylic acids is 1. The first-order valence-electron chi connectivity index (χ1n) is 8.19. The zero-order valence-corrected chi connectivity index (χ0v) is 15.3. The van der Waals surface area contributed by atoms with Crippen LogP contribution >= 0.6 is 11.3 Å². The van der Waals surface area contributed by atoms with E-state index < -0.39 is 17.7 Å². The molecule has 0 aliphatic heterocycles. The second-order valence-electron chi connectivity index (χ2n) is 5.91. The average molecular weight is 407 g/mol. The van der Waals surface area contributed by atoms with Crippen LogP contribution < -0.4 is 5.32 Å². The lowest BCUT2D eigenvalue weighted by Crippen LogP contribution is -2.14. The van der Waals surface area contributed by atoms with Crippen molar-refractivity contribution >= 4 is 40.0 Å². The summed E-state index contributed by atoms with van der Waals surface area (Å²) in [5, 5.41) is 22.6. The molecule has 4 aromatic rings. The number of para-hydroxylation sites is 2. The van der Waals surface area contributed by atoms with Crippen molar-refractivity contribution in [2.75, 3.05) is 5.32 Å². The summed E-state index contributed by atoms with van der Waals surface area (Å²) in [6, 6.07) is 12.3. The third-order valence-electron chi connectivity index (χ3n) is 4.09. The molecule has 0 saturated carbocycles. The zero-order valence-electron chi connectivity index (χ0n) is 14.5. The Bertz CT molecular complexity index is 1290. The number of hydrogen-bond acceptors (Lipinski definition) is 6. The summed E-state index contributed by atoms with van der Waals surface area (Å²) in [7, 11) is 0. The molecule has 2 heterocycles. The van der Waals surface area contributed by atoms with Crippen LogP contribution in [0.2, 0.25) is 0 Å². The second-order valence-corrected chi connectivity index (χ2v) is 6.79. The average Bonchev–Trinajstić information content (AvgIpc) is 3.32. The minimum absolute atomic E-state index is 0.0487. The SMILES string of the molecule is N#Cc1cc(-c2scc(NC(=O)c3nc4ccccc4o3)c2C(=O)O)ccc1F. The molecule has 1 amide bonds. The normalized spacial score (nSPS) is 10.6. The van der Waals surface area contributed by atoms with Gasteiger partial charge in [-0.2, -0.15) is 5.26 Å². The molecule has 0 atom stereocenters. The van der Waals surface area contributed by atoms with E-state index in [2.05, 4.69) is 10.3 Å². The molecule has 29 heavy (non-hydrogen) atoms. The summed E-state index contributed by atoms with van der Waals surface area (Å²) >= 11 is 1.05. The first-order chi connectivity index (χ1) is 14.0. The van der Waals surface area contributed by atoms with E-state index in [1.54, 1.807) is 30.3 Å². The monoisotopic (exact) mass is 407 g/mol. The summed E-state index contributed by atoms with van der Waals surface area (Å²) in [6.07, 6.45) is 0. The Morgan fingerprint density at radius 2 is 2.03 bits per heavy atom. The number of rotatable bonds is 4. The lowest BCUT2D eigenvalue weighted by molar-refractivity contribution is 0.0699. The number of carboxylic acid groups (broad SMARTS) is 1. The molecule has 7 nitrogen and oxygen atoms in total. The standard InChI is InChI=1S/C20H10FN3O4S/c21-12-6-5-10(7-11(12)8-22)17-16(20(26)27)14(9-29-17)23-18(25)19-24-13-3-1-2-4-15(13)28-19/h1-7,9H,(H,23,25)(H,26,27). The van der Waals surface area contributed by atoms with E-state index >= 15 is 0 Å². The van der Waals surface area contributed by atoms with Gasteiger partial charge >= 0.3 is 11.9 Å². The molecule has 2 aromatic carbocycles. The van der Waals surface area contributed by atoms with Gasteiger partial charge < -0.3 is 14.8 Å². The number of halogens is 1. The van der Waals surface area contributed by atoms with E-state index in [1.807, 2.05) is 0 Å². The predicted molar refractivity (Wildman–Crippen MR) is 103 cm³/mol. The molecule has 9 heteroatoms. The number of aromatic carboxylic acids is 1. The lowest BCUT2D eigenvalue weighted by Gasteiger charge is -2.05. The van der Waals surface area contributed by atoms with Gasteiger partial charge in [0.25, 0.3) is 5.89 Å². The number of oxazole rings is 1. The first kappa shape index (κ1) is 18.3. The number of aromatic nitrogens is 1. The molecule has 0 fully saturated rings. The van der Waals surface area contributed by atoms with Crippen LogP contribution in [0, 0.1) is 17.1 Å². The summed E-state index contributed by atoms with van der Waals surface area (Å²) in [4.78, 5) is 28.7. The van der Waals surface area contributed by atoms with Crippen LogP contribution in [-0.2, 0) is 0 Å². The third kappa shape index (κ3) is 3.33. The second kappa shape index (κ2) is 7.18. The number of amides is 1. The number of carbonyl (C=O) groups is 2. The Kier molecular flexibility index (Phi) is 4.54. The summed E-state index contributed by atoms with van der Waals surface area (Å²) < 4.78 is 19.0. The molecule has 4 rings (SSSR count). The highest BCUT2D eigenvalue weighted by atomic mass is 32.1. The predicted octanol–water partition coefficient (Wildman–Crippen LogP) is 4.52. The van der Waals surface area contributed by atoms with E-state index in [0.717, 1.165) is 17.4 Å². The van der Waals surface area contributed by atoms with Gasteiger partial charge in [0.05, 0.1) is 16.1 Å². The van der Waals surface area contributed by atoms with Crippen molar-refractivity contribution in [1.82, 2.24) is 4.98 Å². The van der Waals surface area contributed by atoms with Crippen molar-refractivity contribution < 1.29 is 23.5 Å². The Morgan fingerprint density at radius 3 is 2.76 bits per heavy atom. The van der Waals surface area contributed by atoms with Crippen LogP contribution in [0.25, 0.3) is 21.5 Å². The molecule has 0 aliphatic rings. The number of fused-ring (bicyclic) bond motifs is 1. The van der Waals surface area contributed by atoms with Gasteiger partial charge in [-0.1, -0.05) is 18.2 Å². The maximum atomic E-state index is 13.6. The maximum absolute atomic E-state index is 13.6. The fourth-order valence-electron chi connectivity index (χ4n) is 2.77. The molecule has 0 unspecified atom stereocenters. The fraction of sp³-hybridized carbons (Fsp3) is 0. The highest BCUT2D eigenvalue weighted by molar-refractivity contribution is 7.14.